The van der Waals surface area contributed by atoms with Gasteiger partial charge in [-0.15, -0.1) is 11.3 Å². The summed E-state index contributed by atoms with van der Waals surface area (Å²) in [4.78, 5) is 1.29. The van der Waals surface area contributed by atoms with Gasteiger partial charge in [-0.25, -0.2) is 13.1 Å². The molecule has 1 aromatic carbocycles. The standard InChI is InChI=1S/C18H19NO4S2/c1-13-11-14(22-2)7-8-18(13)25(20,21)19-12-15(16-5-3-9-23-16)17-6-4-10-24-17/h3-11,15,19H,12H2,1-2H3/t15-/m1/s1. The molecule has 0 fully saturated rings. The van der Waals surface area contributed by atoms with Crippen molar-refractivity contribution in [1.82, 2.24) is 4.72 Å². The molecule has 0 radical (unpaired) electrons. The Bertz CT molecular complexity index is 882. The van der Waals surface area contributed by atoms with E-state index < -0.39 is 10.0 Å². The third kappa shape index (κ3) is 3.95. The lowest BCUT2D eigenvalue weighted by molar-refractivity contribution is 0.414. The van der Waals surface area contributed by atoms with Crippen LogP contribution in [0, 0.1) is 6.92 Å². The lowest BCUT2D eigenvalue weighted by atomic mass is 10.1. The van der Waals surface area contributed by atoms with Crippen molar-refractivity contribution in [2.24, 2.45) is 0 Å². The van der Waals surface area contributed by atoms with Gasteiger partial charge in [-0.3, -0.25) is 0 Å². The van der Waals surface area contributed by atoms with Crippen LogP contribution in [0.4, 0.5) is 0 Å². The van der Waals surface area contributed by atoms with E-state index in [1.165, 1.54) is 0 Å². The van der Waals surface area contributed by atoms with Crippen molar-refractivity contribution in [3.05, 3.63) is 70.3 Å². The Kier molecular flexibility index (Phi) is 5.27. The molecule has 5 nitrogen and oxygen atoms in total. The number of rotatable bonds is 7. The lowest BCUT2D eigenvalue weighted by Gasteiger charge is -2.15. The quantitative estimate of drug-likeness (QED) is 0.680. The topological polar surface area (TPSA) is 68.5 Å². The molecule has 0 aliphatic rings. The second kappa shape index (κ2) is 7.43. The largest absolute Gasteiger partial charge is 0.497 e. The van der Waals surface area contributed by atoms with Crippen LogP contribution in [0.5, 0.6) is 5.75 Å². The molecule has 0 spiro atoms. The summed E-state index contributed by atoms with van der Waals surface area (Å²) >= 11 is 1.57. The highest BCUT2D eigenvalue weighted by atomic mass is 32.2. The number of methoxy groups -OCH3 is 1. The van der Waals surface area contributed by atoms with E-state index in [2.05, 4.69) is 4.72 Å². The third-order valence-electron chi connectivity index (χ3n) is 3.92. The summed E-state index contributed by atoms with van der Waals surface area (Å²) in [6.45, 7) is 1.97. The normalized spacial score (nSPS) is 12.9. The first-order valence-corrected chi connectivity index (χ1v) is 10.1. The highest BCUT2D eigenvalue weighted by Crippen LogP contribution is 2.29. The van der Waals surface area contributed by atoms with E-state index in [0.29, 0.717) is 11.3 Å². The average molecular weight is 377 g/mol. The second-order valence-electron chi connectivity index (χ2n) is 5.57. The number of benzene rings is 1. The summed E-state index contributed by atoms with van der Waals surface area (Å²) in [6.07, 6.45) is 1.60. The number of nitrogens with one attached hydrogen (secondary N) is 1. The van der Waals surface area contributed by atoms with Gasteiger partial charge in [0.2, 0.25) is 10.0 Å². The van der Waals surface area contributed by atoms with Gasteiger partial charge < -0.3 is 9.15 Å². The minimum absolute atomic E-state index is 0.164. The number of ether oxygens (including phenoxy) is 1. The molecule has 1 atom stereocenters. The highest BCUT2D eigenvalue weighted by molar-refractivity contribution is 7.89. The third-order valence-corrected chi connectivity index (χ3v) is 6.49. The second-order valence-corrected chi connectivity index (χ2v) is 8.28. The van der Waals surface area contributed by atoms with Crippen molar-refractivity contribution >= 4 is 21.4 Å². The molecule has 0 saturated heterocycles. The van der Waals surface area contributed by atoms with Crippen LogP contribution in [0.2, 0.25) is 0 Å². The minimum atomic E-state index is -3.64. The van der Waals surface area contributed by atoms with Crippen molar-refractivity contribution in [2.45, 2.75) is 17.7 Å². The highest BCUT2D eigenvalue weighted by Gasteiger charge is 2.23. The van der Waals surface area contributed by atoms with Crippen LogP contribution >= 0.6 is 11.3 Å². The molecule has 2 heterocycles. The lowest BCUT2D eigenvalue weighted by Crippen LogP contribution is -2.29. The number of hydrogen-bond donors (Lipinski definition) is 1. The maximum absolute atomic E-state index is 12.7. The zero-order valence-corrected chi connectivity index (χ0v) is 15.6. The molecule has 0 amide bonds. The van der Waals surface area contributed by atoms with Crippen LogP contribution in [0.15, 0.2) is 63.4 Å². The van der Waals surface area contributed by atoms with Gasteiger partial charge in [0.15, 0.2) is 0 Å². The monoisotopic (exact) mass is 377 g/mol. The predicted molar refractivity (Wildman–Crippen MR) is 97.8 cm³/mol. The summed E-state index contributed by atoms with van der Waals surface area (Å²) in [6, 6.07) is 12.5. The minimum Gasteiger partial charge on any atom is -0.497 e. The van der Waals surface area contributed by atoms with E-state index >= 15 is 0 Å². The number of hydrogen-bond acceptors (Lipinski definition) is 5. The average Bonchev–Trinajstić information content (AvgIpc) is 3.28. The fourth-order valence-corrected chi connectivity index (χ4v) is 4.75. The van der Waals surface area contributed by atoms with Crippen molar-refractivity contribution in [1.29, 1.82) is 0 Å². The Morgan fingerprint density at radius 1 is 1.24 bits per heavy atom. The molecule has 3 aromatic rings. The van der Waals surface area contributed by atoms with E-state index in [1.807, 2.05) is 23.6 Å². The van der Waals surface area contributed by atoms with Gasteiger partial charge in [-0.1, -0.05) is 6.07 Å². The van der Waals surface area contributed by atoms with Gasteiger partial charge >= 0.3 is 0 Å². The summed E-state index contributed by atoms with van der Waals surface area (Å²) in [7, 11) is -2.08. The summed E-state index contributed by atoms with van der Waals surface area (Å²) in [5.41, 5.74) is 0.637. The molecule has 25 heavy (non-hydrogen) atoms. The van der Waals surface area contributed by atoms with Crippen molar-refractivity contribution in [3.63, 3.8) is 0 Å². The Labute approximate surface area is 151 Å². The van der Waals surface area contributed by atoms with Crippen LogP contribution in [-0.2, 0) is 10.0 Å². The van der Waals surface area contributed by atoms with E-state index in [-0.39, 0.29) is 17.4 Å². The fraction of sp³-hybridized carbons (Fsp3) is 0.222. The molecule has 1 N–H and O–H groups in total. The van der Waals surface area contributed by atoms with E-state index in [9.17, 15) is 8.42 Å². The maximum Gasteiger partial charge on any atom is 0.240 e. The molecule has 0 aliphatic heterocycles. The van der Waals surface area contributed by atoms with Crippen molar-refractivity contribution < 1.29 is 17.6 Å². The Morgan fingerprint density at radius 2 is 2.08 bits per heavy atom. The molecule has 132 valence electrons. The van der Waals surface area contributed by atoms with Gasteiger partial charge in [0.1, 0.15) is 11.5 Å². The van der Waals surface area contributed by atoms with Crippen molar-refractivity contribution in [2.75, 3.05) is 13.7 Å². The van der Waals surface area contributed by atoms with Gasteiger partial charge in [0.25, 0.3) is 0 Å². The SMILES string of the molecule is COc1ccc(S(=O)(=O)NC[C@H](c2ccco2)c2cccs2)c(C)c1. The van der Waals surface area contributed by atoms with Crippen LogP contribution in [0.1, 0.15) is 22.1 Å². The summed E-state index contributed by atoms with van der Waals surface area (Å²) in [5.74, 6) is 1.20. The van der Waals surface area contributed by atoms with E-state index in [4.69, 9.17) is 9.15 Å². The maximum atomic E-state index is 12.7. The van der Waals surface area contributed by atoms with Gasteiger partial charge in [-0.05, 0) is 54.3 Å². The van der Waals surface area contributed by atoms with Crippen LogP contribution in [0.25, 0.3) is 0 Å². The number of furan rings is 1. The number of aryl methyl sites for hydroxylation is 1. The first-order valence-electron chi connectivity index (χ1n) is 7.72. The smallest absolute Gasteiger partial charge is 0.240 e. The van der Waals surface area contributed by atoms with E-state index in [1.54, 1.807) is 55.9 Å². The van der Waals surface area contributed by atoms with Gasteiger partial charge in [-0.2, -0.15) is 0 Å². The molecule has 2 aromatic heterocycles. The fourth-order valence-electron chi connectivity index (χ4n) is 2.64. The van der Waals surface area contributed by atoms with Crippen LogP contribution in [0.3, 0.4) is 0 Å². The zero-order chi connectivity index (χ0) is 17.9. The Balaban J connectivity index is 1.83. The van der Waals surface area contributed by atoms with Crippen molar-refractivity contribution in [3.8, 4) is 5.75 Å². The molecule has 7 heteroatoms. The summed E-state index contributed by atoms with van der Waals surface area (Å²) in [5, 5.41) is 1.97. The summed E-state index contributed by atoms with van der Waals surface area (Å²) < 4.78 is 38.8. The molecule has 0 unspecified atom stereocenters. The Morgan fingerprint density at radius 3 is 2.68 bits per heavy atom. The van der Waals surface area contributed by atoms with Crippen LogP contribution in [-0.4, -0.2) is 22.1 Å². The molecule has 3 rings (SSSR count). The first-order chi connectivity index (χ1) is 12.0. The molecule has 0 saturated carbocycles. The number of sulfonamides is 1. The zero-order valence-electron chi connectivity index (χ0n) is 13.9. The van der Waals surface area contributed by atoms with Gasteiger partial charge in [0, 0.05) is 11.4 Å². The molecule has 0 aliphatic carbocycles. The molecule has 0 bridgehead atoms. The van der Waals surface area contributed by atoms with Crippen LogP contribution < -0.4 is 9.46 Å². The predicted octanol–water partition coefficient (Wildman–Crippen LogP) is 3.77. The van der Waals surface area contributed by atoms with E-state index in [0.717, 1.165) is 10.6 Å². The first kappa shape index (κ1) is 17.7. The van der Waals surface area contributed by atoms with Gasteiger partial charge in [0.05, 0.1) is 24.2 Å². The number of thiophene rings is 1. The Hall–Kier alpha value is -2.09. The molecular formula is C18H19NO4S2. The molecular weight excluding hydrogens is 358 g/mol.